The van der Waals surface area contributed by atoms with E-state index in [1.807, 2.05) is 36.4 Å². The van der Waals surface area contributed by atoms with E-state index in [0.717, 1.165) is 15.8 Å². The molecule has 0 radical (unpaired) electrons. The van der Waals surface area contributed by atoms with Crippen LogP contribution in [0.3, 0.4) is 0 Å². The van der Waals surface area contributed by atoms with Crippen LogP contribution < -0.4 is 4.74 Å². The predicted octanol–water partition coefficient (Wildman–Crippen LogP) is 4.80. The summed E-state index contributed by atoms with van der Waals surface area (Å²) in [4.78, 5) is 31.2. The predicted molar refractivity (Wildman–Crippen MR) is 121 cm³/mol. The van der Waals surface area contributed by atoms with Gasteiger partial charge in [0.25, 0.3) is 5.91 Å². The van der Waals surface area contributed by atoms with Crippen molar-refractivity contribution in [1.82, 2.24) is 4.90 Å². The van der Waals surface area contributed by atoms with Crippen LogP contribution in [0.5, 0.6) is 5.75 Å². The number of aliphatic imine (C=N–C) groups is 1. The average Bonchev–Trinajstić information content (AvgIpc) is 3.02. The number of hydrogen-bond acceptors (Lipinski definition) is 5. The fraction of sp³-hybridized carbons (Fsp3) is 0.136. The minimum atomic E-state index is -0.209. The van der Waals surface area contributed by atoms with E-state index < -0.39 is 0 Å². The number of thioether (sulfide) groups is 1. The summed E-state index contributed by atoms with van der Waals surface area (Å²) < 4.78 is 6.07. The number of carbonyl (C=O) groups is 2. The Morgan fingerprint density at radius 1 is 1.21 bits per heavy atom. The number of methoxy groups -OCH3 is 1. The highest BCUT2D eigenvalue weighted by Gasteiger charge is 2.30. The standard InChI is InChI=1S/C22H19BrN2O3S/c1-3-12-25-21(27)19(13-15-4-10-18(28-2)11-5-15)24-22(25)29-14-20(26)16-6-8-17(23)9-7-16/h3-11,13H,1,12,14H2,2H3. The number of benzene rings is 2. The molecule has 0 N–H and O–H groups in total. The molecule has 0 saturated heterocycles. The first-order chi connectivity index (χ1) is 14.0. The third-order valence-electron chi connectivity index (χ3n) is 4.14. The number of halogens is 1. The third kappa shape index (κ3) is 5.25. The van der Waals surface area contributed by atoms with Crippen molar-refractivity contribution in [3.05, 3.63) is 82.5 Å². The molecule has 2 aromatic rings. The van der Waals surface area contributed by atoms with Crippen LogP contribution in [0, 0.1) is 0 Å². The molecule has 0 saturated carbocycles. The fourth-order valence-corrected chi connectivity index (χ4v) is 3.81. The number of rotatable bonds is 7. The van der Waals surface area contributed by atoms with E-state index in [1.165, 1.54) is 16.7 Å². The Labute approximate surface area is 182 Å². The van der Waals surface area contributed by atoms with Gasteiger partial charge in [-0.25, -0.2) is 4.99 Å². The molecule has 0 aromatic heterocycles. The Morgan fingerprint density at radius 3 is 2.52 bits per heavy atom. The van der Waals surface area contributed by atoms with Crippen LogP contribution >= 0.6 is 27.7 Å². The summed E-state index contributed by atoms with van der Waals surface area (Å²) in [5.74, 6) is 0.699. The van der Waals surface area contributed by atoms with E-state index in [2.05, 4.69) is 27.5 Å². The number of ketones is 1. The summed E-state index contributed by atoms with van der Waals surface area (Å²) in [6.45, 7) is 4.04. The Kier molecular flexibility index (Phi) is 7.06. The van der Waals surface area contributed by atoms with Gasteiger partial charge in [0.05, 0.1) is 12.9 Å². The van der Waals surface area contributed by atoms with Crippen LogP contribution in [-0.4, -0.2) is 41.2 Å². The van der Waals surface area contributed by atoms with Crippen LogP contribution in [0.15, 0.2) is 76.3 Å². The van der Waals surface area contributed by atoms with Crippen LogP contribution in [0.25, 0.3) is 6.08 Å². The zero-order valence-electron chi connectivity index (χ0n) is 15.8. The number of nitrogens with zero attached hydrogens (tertiary/aromatic N) is 2. The molecule has 3 rings (SSSR count). The van der Waals surface area contributed by atoms with Gasteiger partial charge < -0.3 is 4.74 Å². The number of ether oxygens (including phenoxy) is 1. The molecule has 0 atom stereocenters. The van der Waals surface area contributed by atoms with Crippen molar-refractivity contribution < 1.29 is 14.3 Å². The molecular weight excluding hydrogens is 452 g/mol. The molecule has 0 unspecified atom stereocenters. The van der Waals surface area contributed by atoms with E-state index in [4.69, 9.17) is 4.74 Å². The van der Waals surface area contributed by atoms with Gasteiger partial charge in [-0.05, 0) is 35.9 Å². The fourth-order valence-electron chi connectivity index (χ4n) is 2.64. The molecule has 1 heterocycles. The topological polar surface area (TPSA) is 59.0 Å². The van der Waals surface area contributed by atoms with E-state index in [9.17, 15) is 9.59 Å². The second-order valence-corrected chi connectivity index (χ2v) is 7.98. The maximum Gasteiger partial charge on any atom is 0.278 e. The van der Waals surface area contributed by atoms with E-state index in [0.29, 0.717) is 23.0 Å². The van der Waals surface area contributed by atoms with Gasteiger partial charge in [0.1, 0.15) is 11.4 Å². The summed E-state index contributed by atoms with van der Waals surface area (Å²) in [5.41, 5.74) is 1.79. The molecule has 0 fully saturated rings. The number of carbonyl (C=O) groups excluding carboxylic acids is 2. The lowest BCUT2D eigenvalue weighted by atomic mass is 10.2. The molecular formula is C22H19BrN2O3S. The molecule has 7 heteroatoms. The van der Waals surface area contributed by atoms with Crippen molar-refractivity contribution in [2.45, 2.75) is 0 Å². The Bertz CT molecular complexity index is 982. The minimum absolute atomic E-state index is 0.0243. The molecule has 148 valence electrons. The smallest absolute Gasteiger partial charge is 0.278 e. The second-order valence-electron chi connectivity index (χ2n) is 6.12. The monoisotopic (exact) mass is 470 g/mol. The summed E-state index contributed by atoms with van der Waals surface area (Å²) in [6.07, 6.45) is 3.36. The maximum absolute atomic E-state index is 12.8. The number of amidine groups is 1. The van der Waals surface area contributed by atoms with Crippen molar-refractivity contribution in [2.75, 3.05) is 19.4 Å². The van der Waals surface area contributed by atoms with E-state index >= 15 is 0 Å². The molecule has 1 amide bonds. The van der Waals surface area contributed by atoms with Crippen molar-refractivity contribution in [2.24, 2.45) is 4.99 Å². The third-order valence-corrected chi connectivity index (χ3v) is 5.65. The van der Waals surface area contributed by atoms with Gasteiger partial charge in [-0.1, -0.05) is 58.0 Å². The summed E-state index contributed by atoms with van der Waals surface area (Å²) in [7, 11) is 1.60. The summed E-state index contributed by atoms with van der Waals surface area (Å²) in [6, 6.07) is 14.6. The van der Waals surface area contributed by atoms with Gasteiger partial charge in [0.2, 0.25) is 0 Å². The highest BCUT2D eigenvalue weighted by Crippen LogP contribution is 2.25. The SMILES string of the molecule is C=CCN1C(=O)C(=Cc2ccc(OC)cc2)N=C1SCC(=O)c1ccc(Br)cc1. The van der Waals surface area contributed by atoms with Crippen LogP contribution in [0.4, 0.5) is 0 Å². The lowest BCUT2D eigenvalue weighted by molar-refractivity contribution is -0.122. The molecule has 0 spiro atoms. The average molecular weight is 471 g/mol. The molecule has 1 aliphatic rings. The Balaban J connectivity index is 1.77. The second kappa shape index (κ2) is 9.71. The van der Waals surface area contributed by atoms with Crippen molar-refractivity contribution in [3.8, 4) is 5.75 Å². The normalized spacial score (nSPS) is 14.8. The highest BCUT2D eigenvalue weighted by molar-refractivity contribution is 9.10. The molecule has 2 aromatic carbocycles. The Hall–Kier alpha value is -2.64. The van der Waals surface area contributed by atoms with Crippen molar-refractivity contribution >= 4 is 50.6 Å². The van der Waals surface area contributed by atoms with Crippen molar-refractivity contribution in [3.63, 3.8) is 0 Å². The summed E-state index contributed by atoms with van der Waals surface area (Å²) in [5, 5.41) is 0.500. The van der Waals surface area contributed by atoms with Crippen molar-refractivity contribution in [1.29, 1.82) is 0 Å². The lowest BCUT2D eigenvalue weighted by Crippen LogP contribution is -2.31. The minimum Gasteiger partial charge on any atom is -0.497 e. The van der Waals surface area contributed by atoms with Gasteiger partial charge in [-0.15, -0.1) is 6.58 Å². The highest BCUT2D eigenvalue weighted by atomic mass is 79.9. The van der Waals surface area contributed by atoms with Crippen LogP contribution in [-0.2, 0) is 4.79 Å². The zero-order chi connectivity index (χ0) is 20.8. The van der Waals surface area contributed by atoms with Gasteiger partial charge >= 0.3 is 0 Å². The molecule has 0 bridgehead atoms. The van der Waals surface area contributed by atoms with Gasteiger partial charge in [-0.2, -0.15) is 0 Å². The van der Waals surface area contributed by atoms with Crippen LogP contribution in [0.1, 0.15) is 15.9 Å². The van der Waals surface area contributed by atoms with E-state index in [1.54, 1.807) is 31.4 Å². The molecule has 1 aliphatic heterocycles. The van der Waals surface area contributed by atoms with Crippen LogP contribution in [0.2, 0.25) is 0 Å². The molecule has 0 aliphatic carbocycles. The first-order valence-electron chi connectivity index (χ1n) is 8.80. The quantitative estimate of drug-likeness (QED) is 0.331. The summed E-state index contributed by atoms with van der Waals surface area (Å²) >= 11 is 4.61. The Morgan fingerprint density at radius 2 is 1.90 bits per heavy atom. The first kappa shape index (κ1) is 21.1. The van der Waals surface area contributed by atoms with Gasteiger partial charge in [0, 0.05) is 16.6 Å². The van der Waals surface area contributed by atoms with Gasteiger partial charge in [0.15, 0.2) is 11.0 Å². The molecule has 5 nitrogen and oxygen atoms in total. The zero-order valence-corrected chi connectivity index (χ0v) is 18.2. The maximum atomic E-state index is 12.8. The first-order valence-corrected chi connectivity index (χ1v) is 10.6. The van der Waals surface area contributed by atoms with E-state index in [-0.39, 0.29) is 17.4 Å². The lowest BCUT2D eigenvalue weighted by Gasteiger charge is -2.15. The van der Waals surface area contributed by atoms with Gasteiger partial charge in [-0.3, -0.25) is 14.5 Å². The largest absolute Gasteiger partial charge is 0.497 e. The number of amides is 1. The number of Topliss-reactive ketones (excluding diaryl/α,β-unsaturated/α-hetero) is 1. The number of hydrogen-bond donors (Lipinski definition) is 0. The molecule has 29 heavy (non-hydrogen) atoms.